The number of hydrogen-bond acceptors (Lipinski definition) is 3. The quantitative estimate of drug-likeness (QED) is 0.623. The standard InChI is InChI=1S/C15H16IN5O/c1-19(2)14(22)8-21-7-12(16)11-6-10(4-5-13(11)21)15-17-9-20(3)18-15/h4-7,9H,8H2,1-3H3. The summed E-state index contributed by atoms with van der Waals surface area (Å²) in [4.78, 5) is 17.8. The van der Waals surface area contributed by atoms with Gasteiger partial charge in [0.1, 0.15) is 12.9 Å². The summed E-state index contributed by atoms with van der Waals surface area (Å²) in [5.41, 5.74) is 2.02. The average molecular weight is 409 g/mol. The summed E-state index contributed by atoms with van der Waals surface area (Å²) in [6.07, 6.45) is 3.69. The molecule has 1 amide bonds. The zero-order chi connectivity index (χ0) is 15.9. The molecule has 0 aliphatic carbocycles. The Labute approximate surface area is 141 Å². The van der Waals surface area contributed by atoms with Gasteiger partial charge in [0, 0.05) is 47.4 Å². The van der Waals surface area contributed by atoms with Gasteiger partial charge in [0.15, 0.2) is 5.82 Å². The summed E-state index contributed by atoms with van der Waals surface area (Å²) in [5, 5.41) is 5.44. The molecule has 0 saturated heterocycles. The van der Waals surface area contributed by atoms with Crippen LogP contribution in [0, 0.1) is 3.57 Å². The number of carbonyl (C=O) groups excluding carboxylic acids is 1. The van der Waals surface area contributed by atoms with Crippen molar-refractivity contribution in [2.45, 2.75) is 6.54 Å². The van der Waals surface area contributed by atoms with Gasteiger partial charge in [0.05, 0.1) is 0 Å². The largest absolute Gasteiger partial charge is 0.347 e. The van der Waals surface area contributed by atoms with Crippen molar-refractivity contribution in [1.82, 2.24) is 24.2 Å². The van der Waals surface area contributed by atoms with Gasteiger partial charge in [0.2, 0.25) is 5.91 Å². The van der Waals surface area contributed by atoms with Gasteiger partial charge in [-0.05, 0) is 40.8 Å². The van der Waals surface area contributed by atoms with Crippen molar-refractivity contribution in [3.8, 4) is 11.4 Å². The Morgan fingerprint density at radius 1 is 1.36 bits per heavy atom. The summed E-state index contributed by atoms with van der Waals surface area (Å²) in [6, 6.07) is 6.08. The Kier molecular flexibility index (Phi) is 3.90. The molecule has 0 radical (unpaired) electrons. The molecule has 22 heavy (non-hydrogen) atoms. The number of amides is 1. The zero-order valence-corrected chi connectivity index (χ0v) is 14.8. The second-order valence-electron chi connectivity index (χ2n) is 5.37. The lowest BCUT2D eigenvalue weighted by Crippen LogP contribution is -2.25. The molecule has 2 aromatic heterocycles. The molecule has 0 atom stereocenters. The molecule has 3 aromatic rings. The highest BCUT2D eigenvalue weighted by Crippen LogP contribution is 2.27. The van der Waals surface area contributed by atoms with Crippen molar-refractivity contribution >= 4 is 39.4 Å². The maximum absolute atomic E-state index is 11.9. The maximum Gasteiger partial charge on any atom is 0.241 e. The molecule has 0 fully saturated rings. The first kappa shape index (κ1) is 15.0. The number of nitrogens with zero attached hydrogens (tertiary/aromatic N) is 5. The number of halogens is 1. The fourth-order valence-corrected chi connectivity index (χ4v) is 3.05. The lowest BCUT2D eigenvalue weighted by Gasteiger charge is -2.11. The molecule has 0 aliphatic heterocycles. The molecule has 0 saturated carbocycles. The second kappa shape index (κ2) is 5.71. The van der Waals surface area contributed by atoms with E-state index in [2.05, 4.69) is 38.7 Å². The van der Waals surface area contributed by atoms with Gasteiger partial charge in [0.25, 0.3) is 0 Å². The van der Waals surface area contributed by atoms with Crippen LogP contribution in [0.1, 0.15) is 0 Å². The van der Waals surface area contributed by atoms with Gasteiger partial charge in [-0.1, -0.05) is 0 Å². The van der Waals surface area contributed by atoms with E-state index in [4.69, 9.17) is 0 Å². The fraction of sp³-hybridized carbons (Fsp3) is 0.267. The number of fused-ring (bicyclic) bond motifs is 1. The smallest absolute Gasteiger partial charge is 0.241 e. The first-order valence-electron chi connectivity index (χ1n) is 6.80. The van der Waals surface area contributed by atoms with Crippen LogP contribution in [0.5, 0.6) is 0 Å². The van der Waals surface area contributed by atoms with E-state index in [0.29, 0.717) is 12.4 Å². The Bertz CT molecular complexity index is 849. The monoisotopic (exact) mass is 409 g/mol. The van der Waals surface area contributed by atoms with Crippen molar-refractivity contribution < 1.29 is 4.79 Å². The SMILES string of the molecule is CN(C)C(=O)Cn1cc(I)c2cc(-c3ncn(C)n3)ccc21. The van der Waals surface area contributed by atoms with E-state index in [9.17, 15) is 4.79 Å². The summed E-state index contributed by atoms with van der Waals surface area (Å²) < 4.78 is 4.78. The number of hydrogen-bond donors (Lipinski definition) is 0. The number of aryl methyl sites for hydroxylation is 1. The third-order valence-corrected chi connectivity index (χ3v) is 4.35. The molecule has 0 spiro atoms. The van der Waals surface area contributed by atoms with E-state index >= 15 is 0 Å². The molecule has 0 N–H and O–H groups in total. The molecule has 3 rings (SSSR count). The summed E-state index contributed by atoms with van der Waals surface area (Å²) in [7, 11) is 5.38. The molecular weight excluding hydrogens is 393 g/mol. The van der Waals surface area contributed by atoms with Crippen LogP contribution in [-0.2, 0) is 18.4 Å². The zero-order valence-electron chi connectivity index (χ0n) is 12.6. The molecule has 6 nitrogen and oxygen atoms in total. The van der Waals surface area contributed by atoms with Crippen molar-refractivity contribution in [2.24, 2.45) is 7.05 Å². The lowest BCUT2D eigenvalue weighted by molar-refractivity contribution is -0.129. The summed E-state index contributed by atoms with van der Waals surface area (Å²) >= 11 is 2.29. The predicted molar refractivity (Wildman–Crippen MR) is 93.3 cm³/mol. The van der Waals surface area contributed by atoms with E-state index in [-0.39, 0.29) is 5.91 Å². The van der Waals surface area contributed by atoms with E-state index in [1.54, 1.807) is 30.0 Å². The highest BCUT2D eigenvalue weighted by molar-refractivity contribution is 14.1. The first-order chi connectivity index (χ1) is 10.5. The van der Waals surface area contributed by atoms with Crippen LogP contribution in [0.25, 0.3) is 22.3 Å². The molecule has 7 heteroatoms. The second-order valence-corrected chi connectivity index (χ2v) is 6.53. The topological polar surface area (TPSA) is 56.0 Å². The minimum atomic E-state index is 0.0729. The molecule has 114 valence electrons. The van der Waals surface area contributed by atoms with Crippen molar-refractivity contribution in [3.63, 3.8) is 0 Å². The Hall–Kier alpha value is -1.90. The number of rotatable bonds is 3. The van der Waals surface area contributed by atoms with E-state index < -0.39 is 0 Å². The Morgan fingerprint density at radius 3 is 2.77 bits per heavy atom. The Morgan fingerprint density at radius 2 is 2.14 bits per heavy atom. The average Bonchev–Trinajstić information content (AvgIpc) is 3.03. The lowest BCUT2D eigenvalue weighted by atomic mass is 10.1. The molecule has 0 unspecified atom stereocenters. The van der Waals surface area contributed by atoms with Crippen molar-refractivity contribution in [1.29, 1.82) is 0 Å². The number of benzene rings is 1. The minimum absolute atomic E-state index is 0.0729. The third kappa shape index (κ3) is 2.72. The van der Waals surface area contributed by atoms with E-state index in [1.807, 2.05) is 29.9 Å². The highest BCUT2D eigenvalue weighted by atomic mass is 127. The van der Waals surface area contributed by atoms with Gasteiger partial charge >= 0.3 is 0 Å². The normalized spacial score (nSPS) is 11.1. The van der Waals surface area contributed by atoms with Gasteiger partial charge in [-0.25, -0.2) is 4.98 Å². The predicted octanol–water partition coefficient (Wildman–Crippen LogP) is 2.13. The molecule has 0 aliphatic rings. The summed E-state index contributed by atoms with van der Waals surface area (Å²) in [6.45, 7) is 0.341. The van der Waals surface area contributed by atoms with Crippen LogP contribution in [0.15, 0.2) is 30.7 Å². The van der Waals surface area contributed by atoms with Crippen LogP contribution in [-0.4, -0.2) is 44.2 Å². The fourth-order valence-electron chi connectivity index (χ4n) is 2.28. The van der Waals surface area contributed by atoms with Crippen LogP contribution < -0.4 is 0 Å². The number of likely N-dealkylation sites (N-methyl/N-ethyl adjacent to an activating group) is 1. The van der Waals surface area contributed by atoms with Crippen LogP contribution in [0.4, 0.5) is 0 Å². The Balaban J connectivity index is 2.03. The summed E-state index contributed by atoms with van der Waals surface area (Å²) in [5.74, 6) is 0.779. The third-order valence-electron chi connectivity index (χ3n) is 3.49. The van der Waals surface area contributed by atoms with Crippen molar-refractivity contribution in [3.05, 3.63) is 34.3 Å². The van der Waals surface area contributed by atoms with Gasteiger partial charge < -0.3 is 9.47 Å². The van der Waals surface area contributed by atoms with Crippen LogP contribution in [0.2, 0.25) is 0 Å². The molecular formula is C15H16IN5O. The highest BCUT2D eigenvalue weighted by Gasteiger charge is 2.13. The van der Waals surface area contributed by atoms with Gasteiger partial charge in [-0.15, -0.1) is 0 Å². The minimum Gasteiger partial charge on any atom is -0.347 e. The van der Waals surface area contributed by atoms with E-state index in [1.165, 1.54) is 0 Å². The molecule has 2 heterocycles. The number of carbonyl (C=O) groups is 1. The van der Waals surface area contributed by atoms with Crippen LogP contribution >= 0.6 is 22.6 Å². The van der Waals surface area contributed by atoms with Gasteiger partial charge in [-0.3, -0.25) is 9.48 Å². The van der Waals surface area contributed by atoms with Crippen molar-refractivity contribution in [2.75, 3.05) is 14.1 Å². The van der Waals surface area contributed by atoms with Gasteiger partial charge in [-0.2, -0.15) is 5.10 Å². The molecule has 1 aromatic carbocycles. The molecule has 0 bridgehead atoms. The first-order valence-corrected chi connectivity index (χ1v) is 7.88. The maximum atomic E-state index is 11.9. The number of aromatic nitrogens is 4. The van der Waals surface area contributed by atoms with E-state index in [0.717, 1.165) is 20.0 Å². The van der Waals surface area contributed by atoms with Crippen LogP contribution in [0.3, 0.4) is 0 Å².